The Labute approximate surface area is 178 Å². The first-order valence-electron chi connectivity index (χ1n) is 9.60. The van der Waals surface area contributed by atoms with Gasteiger partial charge in [0, 0.05) is 22.7 Å². The van der Waals surface area contributed by atoms with Gasteiger partial charge in [0.15, 0.2) is 12.8 Å². The SMILES string of the molecule is CON=CN1CCOCC1C1C[N+]([O-])=Cc2c(cc(Cl)cc2-c2ccccc2F)N1. The van der Waals surface area contributed by atoms with Crippen LogP contribution < -0.4 is 5.32 Å². The van der Waals surface area contributed by atoms with Crippen LogP contribution in [0.4, 0.5) is 10.1 Å². The molecule has 1 fully saturated rings. The number of fused-ring (bicyclic) bond motifs is 1. The number of oxime groups is 1. The monoisotopic (exact) mass is 432 g/mol. The molecule has 0 bridgehead atoms. The van der Waals surface area contributed by atoms with Crippen molar-refractivity contribution in [3.63, 3.8) is 0 Å². The zero-order valence-corrected chi connectivity index (χ0v) is 17.2. The molecule has 0 radical (unpaired) electrons. The Kier molecular flexibility index (Phi) is 6.06. The molecule has 0 saturated carbocycles. The van der Waals surface area contributed by atoms with Gasteiger partial charge in [-0.1, -0.05) is 35.0 Å². The Morgan fingerprint density at radius 1 is 1.37 bits per heavy atom. The Morgan fingerprint density at radius 3 is 3.00 bits per heavy atom. The van der Waals surface area contributed by atoms with Crippen molar-refractivity contribution in [3.05, 3.63) is 58.0 Å². The van der Waals surface area contributed by atoms with Crippen molar-refractivity contribution >= 4 is 29.8 Å². The Bertz CT molecular complexity index is 985. The molecule has 2 aliphatic rings. The third-order valence-electron chi connectivity index (χ3n) is 5.27. The van der Waals surface area contributed by atoms with Crippen LogP contribution in [0.3, 0.4) is 0 Å². The van der Waals surface area contributed by atoms with Gasteiger partial charge in [0.05, 0.1) is 30.5 Å². The molecule has 1 N–H and O–H groups in total. The van der Waals surface area contributed by atoms with E-state index in [2.05, 4.69) is 10.5 Å². The van der Waals surface area contributed by atoms with Gasteiger partial charge in [-0.3, -0.25) is 0 Å². The zero-order chi connectivity index (χ0) is 21.1. The fraction of sp³-hybridized carbons (Fsp3) is 0.333. The predicted octanol–water partition coefficient (Wildman–Crippen LogP) is 3.16. The van der Waals surface area contributed by atoms with Crippen molar-refractivity contribution in [1.82, 2.24) is 4.90 Å². The average Bonchev–Trinajstić information content (AvgIpc) is 2.90. The molecule has 2 aromatic rings. The van der Waals surface area contributed by atoms with E-state index in [9.17, 15) is 9.60 Å². The summed E-state index contributed by atoms with van der Waals surface area (Å²) in [6.45, 7) is 1.79. The maximum Gasteiger partial charge on any atom is 0.184 e. The second kappa shape index (κ2) is 8.89. The number of hydroxylamine groups is 1. The van der Waals surface area contributed by atoms with Crippen molar-refractivity contribution in [2.24, 2.45) is 5.16 Å². The highest BCUT2D eigenvalue weighted by atomic mass is 35.5. The Hall–Kier alpha value is -2.84. The van der Waals surface area contributed by atoms with Gasteiger partial charge >= 0.3 is 0 Å². The average molecular weight is 433 g/mol. The number of ether oxygens (including phenoxy) is 1. The first-order valence-corrected chi connectivity index (χ1v) is 9.98. The van der Waals surface area contributed by atoms with Crippen molar-refractivity contribution in [2.75, 3.05) is 38.7 Å². The quantitative estimate of drug-likeness (QED) is 0.264. The predicted molar refractivity (Wildman–Crippen MR) is 115 cm³/mol. The lowest BCUT2D eigenvalue weighted by Crippen LogP contribution is -2.55. The molecule has 7 nitrogen and oxygen atoms in total. The molecule has 158 valence electrons. The highest BCUT2D eigenvalue weighted by Crippen LogP contribution is 2.35. The minimum Gasteiger partial charge on any atom is -0.624 e. The third-order valence-corrected chi connectivity index (χ3v) is 5.49. The summed E-state index contributed by atoms with van der Waals surface area (Å²) in [5.74, 6) is -0.378. The topological polar surface area (TPSA) is 72.2 Å². The van der Waals surface area contributed by atoms with Crippen LogP contribution in [-0.4, -0.2) is 67.7 Å². The Balaban J connectivity index is 1.74. The minimum atomic E-state index is -0.378. The molecule has 2 atom stereocenters. The summed E-state index contributed by atoms with van der Waals surface area (Å²) in [7, 11) is 1.48. The van der Waals surface area contributed by atoms with Crippen molar-refractivity contribution in [3.8, 4) is 11.1 Å². The number of nitrogens with zero attached hydrogens (tertiary/aromatic N) is 3. The highest BCUT2D eigenvalue weighted by Gasteiger charge is 2.34. The van der Waals surface area contributed by atoms with E-state index in [0.29, 0.717) is 47.2 Å². The highest BCUT2D eigenvalue weighted by molar-refractivity contribution is 6.31. The fourth-order valence-corrected chi connectivity index (χ4v) is 4.08. The van der Waals surface area contributed by atoms with Gasteiger partial charge in [0.2, 0.25) is 0 Å². The van der Waals surface area contributed by atoms with E-state index in [4.69, 9.17) is 21.2 Å². The summed E-state index contributed by atoms with van der Waals surface area (Å²) in [6, 6.07) is 9.42. The molecule has 2 unspecified atom stereocenters. The number of nitrogens with one attached hydrogen (secondary N) is 1. The van der Waals surface area contributed by atoms with Crippen LogP contribution >= 0.6 is 11.6 Å². The summed E-state index contributed by atoms with van der Waals surface area (Å²) < 4.78 is 21.0. The van der Waals surface area contributed by atoms with E-state index >= 15 is 0 Å². The molecular formula is C21H22ClFN4O3. The largest absolute Gasteiger partial charge is 0.624 e. The van der Waals surface area contributed by atoms with Gasteiger partial charge in [-0.25, -0.2) is 9.13 Å². The van der Waals surface area contributed by atoms with Crippen molar-refractivity contribution in [2.45, 2.75) is 12.1 Å². The zero-order valence-electron chi connectivity index (χ0n) is 16.4. The first-order chi connectivity index (χ1) is 14.6. The van der Waals surface area contributed by atoms with Crippen LogP contribution in [-0.2, 0) is 9.57 Å². The van der Waals surface area contributed by atoms with Gasteiger partial charge in [-0.15, -0.1) is 0 Å². The second-order valence-electron chi connectivity index (χ2n) is 7.16. The number of rotatable bonds is 4. The molecular weight excluding hydrogens is 411 g/mol. The molecule has 2 heterocycles. The number of hydrogen-bond donors (Lipinski definition) is 1. The summed E-state index contributed by atoms with van der Waals surface area (Å²) in [5, 5.41) is 20.5. The summed E-state index contributed by atoms with van der Waals surface area (Å²) in [5.41, 5.74) is 2.20. The molecule has 2 aromatic carbocycles. The fourth-order valence-electron chi connectivity index (χ4n) is 3.87. The van der Waals surface area contributed by atoms with Gasteiger partial charge in [0.25, 0.3) is 0 Å². The summed E-state index contributed by atoms with van der Waals surface area (Å²) in [4.78, 5) is 6.80. The molecule has 0 amide bonds. The van der Waals surface area contributed by atoms with E-state index < -0.39 is 0 Å². The van der Waals surface area contributed by atoms with E-state index in [1.54, 1.807) is 36.7 Å². The standard InChI is InChI=1S/C21H22ClFN4O3/c1-29-24-13-26-6-7-30-12-21(26)20-11-27(28)10-17-16(8-14(22)9-19(17)25-20)15-4-2-3-5-18(15)23/h2-5,8-10,13,20-21,25H,6-7,11-12H2,1H3. The number of halogens is 2. The molecule has 1 saturated heterocycles. The van der Waals surface area contributed by atoms with Crippen LogP contribution in [0.5, 0.6) is 0 Å². The third kappa shape index (κ3) is 4.20. The lowest BCUT2D eigenvalue weighted by Gasteiger charge is -2.38. The minimum absolute atomic E-state index is 0.149. The van der Waals surface area contributed by atoms with Crippen molar-refractivity contribution < 1.29 is 18.7 Å². The number of hydrogen-bond acceptors (Lipinski definition) is 5. The molecule has 2 aliphatic heterocycles. The first kappa shape index (κ1) is 20.4. The summed E-state index contributed by atoms with van der Waals surface area (Å²) >= 11 is 6.36. The molecule has 0 aliphatic carbocycles. The van der Waals surface area contributed by atoms with Gasteiger partial charge < -0.3 is 25.0 Å². The van der Waals surface area contributed by atoms with E-state index in [1.165, 1.54) is 19.4 Å². The van der Waals surface area contributed by atoms with Crippen LogP contribution in [0.2, 0.25) is 5.02 Å². The molecule has 0 spiro atoms. The molecule has 30 heavy (non-hydrogen) atoms. The molecule has 9 heteroatoms. The van der Waals surface area contributed by atoms with E-state index in [-0.39, 0.29) is 24.4 Å². The molecule has 4 rings (SSSR count). The van der Waals surface area contributed by atoms with Crippen LogP contribution in [0.25, 0.3) is 11.1 Å². The lowest BCUT2D eigenvalue weighted by molar-refractivity contribution is -0.455. The number of benzodiazepines with no additional fused rings is 1. The van der Waals surface area contributed by atoms with Crippen LogP contribution in [0.15, 0.2) is 41.6 Å². The number of benzene rings is 2. The Morgan fingerprint density at radius 2 is 2.20 bits per heavy atom. The maximum absolute atomic E-state index is 14.5. The van der Waals surface area contributed by atoms with E-state index in [1.807, 2.05) is 4.90 Å². The normalized spacial score (nSPS) is 21.6. The van der Waals surface area contributed by atoms with Crippen LogP contribution in [0, 0.1) is 11.0 Å². The molecule has 0 aromatic heterocycles. The second-order valence-corrected chi connectivity index (χ2v) is 7.59. The van der Waals surface area contributed by atoms with Gasteiger partial charge in [0.1, 0.15) is 25.3 Å². The number of anilines is 1. The summed E-state index contributed by atoms with van der Waals surface area (Å²) in [6.07, 6.45) is 3.10. The van der Waals surface area contributed by atoms with Gasteiger partial charge in [-0.05, 0) is 18.2 Å². The van der Waals surface area contributed by atoms with Gasteiger partial charge in [-0.2, -0.15) is 0 Å². The maximum atomic E-state index is 14.5. The lowest BCUT2D eigenvalue weighted by atomic mass is 9.97. The smallest absolute Gasteiger partial charge is 0.184 e. The van der Waals surface area contributed by atoms with Crippen molar-refractivity contribution in [1.29, 1.82) is 0 Å². The van der Waals surface area contributed by atoms with E-state index in [0.717, 1.165) is 4.74 Å². The number of morpholine rings is 1. The van der Waals surface area contributed by atoms with Crippen LogP contribution in [0.1, 0.15) is 5.56 Å².